The van der Waals surface area contributed by atoms with E-state index in [2.05, 4.69) is 26.3 Å². The molecule has 1 aromatic carbocycles. The monoisotopic (exact) mass is 495 g/mol. The lowest BCUT2D eigenvalue weighted by Gasteiger charge is -2.13. The van der Waals surface area contributed by atoms with E-state index in [1.807, 2.05) is 30.3 Å². The van der Waals surface area contributed by atoms with E-state index in [1.54, 1.807) is 24.3 Å². The number of carboxylic acids is 1. The zero-order valence-corrected chi connectivity index (χ0v) is 19.5. The van der Waals surface area contributed by atoms with Gasteiger partial charge in [0.25, 0.3) is 5.91 Å². The van der Waals surface area contributed by atoms with Crippen LogP contribution in [0.3, 0.4) is 0 Å². The van der Waals surface area contributed by atoms with Gasteiger partial charge >= 0.3 is 12.0 Å². The van der Waals surface area contributed by atoms with Crippen LogP contribution in [0.1, 0.15) is 33.1 Å². The topological polar surface area (TPSA) is 150 Å². The fourth-order valence-electron chi connectivity index (χ4n) is 3.07. The minimum atomic E-state index is -1.07. The first-order chi connectivity index (χ1) is 16.9. The number of carbonyl (C=O) groups excluding carboxylic acids is 3. The zero-order chi connectivity index (χ0) is 25.0. The molecule has 0 aliphatic rings. The Morgan fingerprint density at radius 1 is 0.943 bits per heavy atom. The van der Waals surface area contributed by atoms with E-state index >= 15 is 0 Å². The summed E-state index contributed by atoms with van der Waals surface area (Å²) in [5.74, 6) is -2.74. The second-order valence-electron chi connectivity index (χ2n) is 7.44. The third kappa shape index (κ3) is 8.23. The van der Waals surface area contributed by atoms with E-state index in [0.717, 1.165) is 16.9 Å². The van der Waals surface area contributed by atoms with Crippen molar-refractivity contribution in [1.29, 1.82) is 0 Å². The molecule has 11 heteroatoms. The van der Waals surface area contributed by atoms with Crippen LogP contribution in [0, 0.1) is 0 Å². The molecule has 0 radical (unpaired) electrons. The molecule has 1 atom stereocenters. The van der Waals surface area contributed by atoms with E-state index in [-0.39, 0.29) is 37.4 Å². The molecule has 1 unspecified atom stereocenters. The summed E-state index contributed by atoms with van der Waals surface area (Å²) in [7, 11) is 0. The van der Waals surface area contributed by atoms with Crippen molar-refractivity contribution in [3.05, 3.63) is 83.0 Å². The Bertz CT molecular complexity index is 1150. The van der Waals surface area contributed by atoms with Gasteiger partial charge in [0, 0.05) is 38.4 Å². The number of hydrogen-bond acceptors (Lipinski definition) is 6. The summed E-state index contributed by atoms with van der Waals surface area (Å²) in [6, 6.07) is 15.6. The number of nitrogens with zero attached hydrogens (tertiary/aromatic N) is 1. The molecule has 35 heavy (non-hydrogen) atoms. The smallest absolute Gasteiger partial charge is 0.320 e. The van der Waals surface area contributed by atoms with Gasteiger partial charge < -0.3 is 21.1 Å². The molecule has 2 aromatic heterocycles. The normalized spacial score (nSPS) is 11.2. The first-order valence-corrected chi connectivity index (χ1v) is 11.6. The summed E-state index contributed by atoms with van der Waals surface area (Å²) in [5.41, 5.74) is 1.46. The van der Waals surface area contributed by atoms with E-state index in [4.69, 9.17) is 0 Å². The fraction of sp³-hybridized carbons (Fsp3) is 0.208. The van der Waals surface area contributed by atoms with Gasteiger partial charge in [-0.2, -0.15) is 0 Å². The van der Waals surface area contributed by atoms with Crippen molar-refractivity contribution in [2.75, 3.05) is 18.4 Å². The van der Waals surface area contributed by atoms with Gasteiger partial charge in [-0.3, -0.25) is 24.7 Å². The van der Waals surface area contributed by atoms with Crippen LogP contribution in [0.4, 0.5) is 9.80 Å². The molecule has 3 rings (SSSR count). The van der Waals surface area contributed by atoms with Crippen molar-refractivity contribution in [2.45, 2.75) is 18.9 Å². The Balaban J connectivity index is 1.37. The molecule has 0 fully saturated rings. The third-order valence-corrected chi connectivity index (χ3v) is 5.89. The number of hydrogen-bond donors (Lipinski definition) is 5. The van der Waals surface area contributed by atoms with Crippen LogP contribution in [-0.2, 0) is 16.1 Å². The molecule has 0 bridgehead atoms. The molecule has 0 spiro atoms. The van der Waals surface area contributed by atoms with E-state index in [9.17, 15) is 24.3 Å². The van der Waals surface area contributed by atoms with Crippen LogP contribution in [0.5, 0.6) is 0 Å². The van der Waals surface area contributed by atoms with Gasteiger partial charge in [0.1, 0.15) is 5.92 Å². The van der Waals surface area contributed by atoms with Crippen molar-refractivity contribution in [1.82, 2.24) is 20.9 Å². The predicted octanol–water partition coefficient (Wildman–Crippen LogP) is 2.57. The lowest BCUT2D eigenvalue weighted by molar-refractivity contribution is -0.138. The molecule has 3 aromatic rings. The summed E-state index contributed by atoms with van der Waals surface area (Å²) in [4.78, 5) is 52.2. The summed E-state index contributed by atoms with van der Waals surface area (Å²) in [6.07, 6.45) is 2.97. The summed E-state index contributed by atoms with van der Waals surface area (Å²) in [5, 5.41) is 20.5. The van der Waals surface area contributed by atoms with E-state index in [1.165, 1.54) is 12.4 Å². The number of benzene rings is 1. The number of carboxylic acid groups (broad SMARTS) is 1. The molecular weight excluding hydrogens is 470 g/mol. The highest BCUT2D eigenvalue weighted by Crippen LogP contribution is 2.21. The minimum absolute atomic E-state index is 0.0104. The second-order valence-corrected chi connectivity index (χ2v) is 8.53. The zero-order valence-electron chi connectivity index (χ0n) is 18.7. The first kappa shape index (κ1) is 25.4. The number of aromatic nitrogens is 1. The van der Waals surface area contributed by atoms with Gasteiger partial charge in [-0.25, -0.2) is 4.79 Å². The van der Waals surface area contributed by atoms with E-state index < -0.39 is 11.9 Å². The van der Waals surface area contributed by atoms with Crippen LogP contribution in [0.25, 0.3) is 0 Å². The molecule has 10 nitrogen and oxygen atoms in total. The number of aliphatic carboxylic acids is 1. The molecule has 0 aliphatic heterocycles. The Morgan fingerprint density at radius 3 is 2.46 bits per heavy atom. The standard InChI is InChI=1S/C24H25N5O5S/c30-20(27-15-18(23(32)33)17-7-4-11-25-14-17)10-12-26-22(31)19-8-9-21(35-19)29-24(34)28-13-16-5-2-1-3-6-16/h1-9,11,14,18H,10,12-13,15H2,(H,26,31)(H,27,30)(H,32,33)(H2,28,29,34). The second kappa shape index (κ2) is 12.8. The van der Waals surface area contributed by atoms with Gasteiger partial charge in [0.15, 0.2) is 0 Å². The summed E-state index contributed by atoms with van der Waals surface area (Å²) in [6.45, 7) is 0.372. The maximum absolute atomic E-state index is 12.3. The SMILES string of the molecule is O=C(CCNC(=O)c1ccc(NC(=O)NCc2ccccc2)s1)NCC(C(=O)O)c1cccnc1. The average molecular weight is 496 g/mol. The van der Waals surface area contributed by atoms with Crippen molar-refractivity contribution < 1.29 is 24.3 Å². The van der Waals surface area contributed by atoms with Gasteiger partial charge in [0.2, 0.25) is 5.91 Å². The quantitative estimate of drug-likeness (QED) is 0.276. The molecule has 0 saturated heterocycles. The van der Waals surface area contributed by atoms with Crippen LogP contribution in [-0.4, -0.2) is 47.0 Å². The van der Waals surface area contributed by atoms with Crippen molar-refractivity contribution >= 4 is 40.2 Å². The highest BCUT2D eigenvalue weighted by Gasteiger charge is 2.20. The summed E-state index contributed by atoms with van der Waals surface area (Å²) < 4.78 is 0. The molecular formula is C24H25N5O5S. The number of nitrogens with one attached hydrogen (secondary N) is 4. The minimum Gasteiger partial charge on any atom is -0.481 e. The van der Waals surface area contributed by atoms with Gasteiger partial charge in [0.05, 0.1) is 9.88 Å². The third-order valence-electron chi connectivity index (χ3n) is 4.89. The molecule has 0 saturated carbocycles. The van der Waals surface area contributed by atoms with Crippen molar-refractivity contribution in [2.24, 2.45) is 0 Å². The Morgan fingerprint density at radius 2 is 1.74 bits per heavy atom. The molecule has 5 N–H and O–H groups in total. The van der Waals surface area contributed by atoms with Crippen LogP contribution in [0.15, 0.2) is 67.0 Å². The van der Waals surface area contributed by atoms with E-state index in [0.29, 0.717) is 22.0 Å². The first-order valence-electron chi connectivity index (χ1n) is 10.8. The average Bonchev–Trinajstić information content (AvgIpc) is 3.32. The Labute approximate surface area is 205 Å². The summed E-state index contributed by atoms with van der Waals surface area (Å²) >= 11 is 1.11. The maximum atomic E-state index is 12.3. The molecule has 182 valence electrons. The largest absolute Gasteiger partial charge is 0.481 e. The number of pyridine rings is 1. The predicted molar refractivity (Wildman–Crippen MR) is 131 cm³/mol. The van der Waals surface area contributed by atoms with Crippen LogP contribution < -0.4 is 21.3 Å². The number of carbonyl (C=O) groups is 4. The number of rotatable bonds is 11. The Kier molecular flexibility index (Phi) is 9.31. The van der Waals surface area contributed by atoms with Gasteiger partial charge in [-0.15, -0.1) is 11.3 Å². The highest BCUT2D eigenvalue weighted by atomic mass is 32.1. The Hall–Kier alpha value is -4.25. The van der Waals surface area contributed by atoms with Gasteiger partial charge in [-0.05, 0) is 29.3 Å². The van der Waals surface area contributed by atoms with Crippen molar-refractivity contribution in [3.8, 4) is 0 Å². The number of amides is 4. The lowest BCUT2D eigenvalue weighted by atomic mass is 10.0. The molecule has 2 heterocycles. The maximum Gasteiger partial charge on any atom is 0.320 e. The molecule has 4 amide bonds. The van der Waals surface area contributed by atoms with Crippen LogP contribution >= 0.6 is 11.3 Å². The highest BCUT2D eigenvalue weighted by molar-refractivity contribution is 7.18. The number of thiophene rings is 1. The lowest BCUT2D eigenvalue weighted by Crippen LogP contribution is -2.34. The van der Waals surface area contributed by atoms with Gasteiger partial charge in [-0.1, -0.05) is 36.4 Å². The molecule has 0 aliphatic carbocycles. The fourth-order valence-corrected chi connectivity index (χ4v) is 3.89. The van der Waals surface area contributed by atoms with Crippen molar-refractivity contribution in [3.63, 3.8) is 0 Å². The number of urea groups is 1. The van der Waals surface area contributed by atoms with Crippen LogP contribution in [0.2, 0.25) is 0 Å². The number of anilines is 1.